The molecule has 2 rings (SSSR count). The maximum absolute atomic E-state index is 5.64. The molecule has 1 aromatic rings. The Balaban J connectivity index is 1.87. The van der Waals surface area contributed by atoms with Crippen molar-refractivity contribution < 1.29 is 0 Å². The number of hydrogen-bond donors (Lipinski definition) is 1. The summed E-state index contributed by atoms with van der Waals surface area (Å²) in [5.41, 5.74) is 9.91. The molecule has 18 heavy (non-hydrogen) atoms. The van der Waals surface area contributed by atoms with Crippen LogP contribution in [0.25, 0.3) is 0 Å². The van der Waals surface area contributed by atoms with Crippen molar-refractivity contribution in [2.75, 3.05) is 19.6 Å². The van der Waals surface area contributed by atoms with Crippen LogP contribution in [-0.4, -0.2) is 24.5 Å². The van der Waals surface area contributed by atoms with Crippen LogP contribution in [0.5, 0.6) is 0 Å². The van der Waals surface area contributed by atoms with E-state index in [1.165, 1.54) is 49.0 Å². The monoisotopic (exact) mass is 246 g/mol. The molecule has 0 amide bonds. The topological polar surface area (TPSA) is 29.3 Å². The standard InChI is InChI=1S/C16H26N2/c1-13-3-4-16(14(2)11-13)12-18-9-6-15(5-8-17)7-10-18/h3-4,11,15H,5-10,12,17H2,1-2H3. The van der Waals surface area contributed by atoms with Gasteiger partial charge in [-0.05, 0) is 69.8 Å². The molecule has 100 valence electrons. The van der Waals surface area contributed by atoms with Crippen molar-refractivity contribution in [1.29, 1.82) is 0 Å². The van der Waals surface area contributed by atoms with E-state index in [2.05, 4.69) is 36.9 Å². The molecule has 0 spiro atoms. The molecule has 0 aromatic heterocycles. The summed E-state index contributed by atoms with van der Waals surface area (Å²) in [5.74, 6) is 0.866. The Morgan fingerprint density at radius 1 is 1.22 bits per heavy atom. The fraction of sp³-hybridized carbons (Fsp3) is 0.625. The van der Waals surface area contributed by atoms with Crippen LogP contribution in [0.4, 0.5) is 0 Å². The lowest BCUT2D eigenvalue weighted by Crippen LogP contribution is -2.34. The molecule has 2 nitrogen and oxygen atoms in total. The van der Waals surface area contributed by atoms with Crippen LogP contribution in [0.1, 0.15) is 36.0 Å². The lowest BCUT2D eigenvalue weighted by Gasteiger charge is -2.32. The van der Waals surface area contributed by atoms with Gasteiger partial charge in [0, 0.05) is 6.54 Å². The van der Waals surface area contributed by atoms with Gasteiger partial charge in [-0.15, -0.1) is 0 Å². The van der Waals surface area contributed by atoms with Crippen LogP contribution in [0, 0.1) is 19.8 Å². The first-order valence-corrected chi connectivity index (χ1v) is 7.17. The van der Waals surface area contributed by atoms with Crippen molar-refractivity contribution in [3.63, 3.8) is 0 Å². The summed E-state index contributed by atoms with van der Waals surface area (Å²) in [6, 6.07) is 6.80. The molecule has 0 unspecified atom stereocenters. The molecular formula is C16H26N2. The quantitative estimate of drug-likeness (QED) is 0.885. The zero-order chi connectivity index (χ0) is 13.0. The van der Waals surface area contributed by atoms with Crippen molar-refractivity contribution in [1.82, 2.24) is 4.90 Å². The second kappa shape index (κ2) is 6.35. The molecule has 1 aliphatic rings. The number of benzene rings is 1. The number of aryl methyl sites for hydroxylation is 2. The number of piperidine rings is 1. The highest BCUT2D eigenvalue weighted by molar-refractivity contribution is 5.30. The summed E-state index contributed by atoms with van der Waals surface area (Å²) in [6.45, 7) is 8.82. The molecule has 2 heteroatoms. The lowest BCUT2D eigenvalue weighted by molar-refractivity contribution is 0.173. The number of likely N-dealkylation sites (tertiary alicyclic amines) is 1. The molecule has 1 aromatic carbocycles. The summed E-state index contributed by atoms with van der Waals surface area (Å²) < 4.78 is 0. The largest absolute Gasteiger partial charge is 0.330 e. The predicted octanol–water partition coefficient (Wildman–Crippen LogP) is 2.86. The minimum absolute atomic E-state index is 0.849. The van der Waals surface area contributed by atoms with Gasteiger partial charge in [0.1, 0.15) is 0 Å². The van der Waals surface area contributed by atoms with Crippen LogP contribution in [0.2, 0.25) is 0 Å². The Kier molecular flexibility index (Phi) is 4.79. The molecule has 0 atom stereocenters. The van der Waals surface area contributed by atoms with Crippen molar-refractivity contribution in [3.05, 3.63) is 34.9 Å². The first-order chi connectivity index (χ1) is 8.69. The normalized spacial score (nSPS) is 18.2. The summed E-state index contributed by atoms with van der Waals surface area (Å²) in [6.07, 6.45) is 3.85. The van der Waals surface area contributed by atoms with Gasteiger partial charge in [-0.3, -0.25) is 4.90 Å². The molecule has 0 aliphatic carbocycles. The molecule has 0 saturated carbocycles. The van der Waals surface area contributed by atoms with E-state index in [4.69, 9.17) is 5.73 Å². The SMILES string of the molecule is Cc1ccc(CN2CCC(CCN)CC2)c(C)c1. The minimum Gasteiger partial charge on any atom is -0.330 e. The maximum atomic E-state index is 5.64. The molecule has 2 N–H and O–H groups in total. The smallest absolute Gasteiger partial charge is 0.0236 e. The number of hydrogen-bond acceptors (Lipinski definition) is 2. The third-order valence-electron chi connectivity index (χ3n) is 4.17. The van der Waals surface area contributed by atoms with E-state index in [0.29, 0.717) is 0 Å². The van der Waals surface area contributed by atoms with Gasteiger partial charge in [0.2, 0.25) is 0 Å². The fourth-order valence-corrected chi connectivity index (χ4v) is 2.93. The van der Waals surface area contributed by atoms with Crippen LogP contribution in [0.3, 0.4) is 0 Å². The van der Waals surface area contributed by atoms with Gasteiger partial charge in [-0.2, -0.15) is 0 Å². The summed E-state index contributed by atoms with van der Waals surface area (Å²) >= 11 is 0. The molecule has 0 bridgehead atoms. The van der Waals surface area contributed by atoms with Crippen molar-refractivity contribution in [2.24, 2.45) is 11.7 Å². The van der Waals surface area contributed by atoms with E-state index in [9.17, 15) is 0 Å². The van der Waals surface area contributed by atoms with E-state index in [1.54, 1.807) is 0 Å². The van der Waals surface area contributed by atoms with Crippen LogP contribution in [0.15, 0.2) is 18.2 Å². The Hall–Kier alpha value is -0.860. The number of rotatable bonds is 4. The third-order valence-corrected chi connectivity index (χ3v) is 4.17. The van der Waals surface area contributed by atoms with E-state index < -0.39 is 0 Å². The third kappa shape index (κ3) is 3.56. The Morgan fingerprint density at radius 3 is 2.56 bits per heavy atom. The molecular weight excluding hydrogens is 220 g/mol. The molecule has 1 fully saturated rings. The van der Waals surface area contributed by atoms with Gasteiger partial charge in [0.15, 0.2) is 0 Å². The highest BCUT2D eigenvalue weighted by Gasteiger charge is 2.18. The highest BCUT2D eigenvalue weighted by atomic mass is 15.1. The Bertz CT molecular complexity index is 379. The lowest BCUT2D eigenvalue weighted by atomic mass is 9.93. The minimum atomic E-state index is 0.849. The Labute approximate surface area is 111 Å². The second-order valence-electron chi connectivity index (χ2n) is 5.73. The van der Waals surface area contributed by atoms with Gasteiger partial charge in [0.25, 0.3) is 0 Å². The molecule has 1 saturated heterocycles. The van der Waals surface area contributed by atoms with Crippen LogP contribution < -0.4 is 5.73 Å². The second-order valence-corrected chi connectivity index (χ2v) is 5.73. The van der Waals surface area contributed by atoms with E-state index in [1.807, 2.05) is 0 Å². The molecule has 1 heterocycles. The van der Waals surface area contributed by atoms with Crippen molar-refractivity contribution >= 4 is 0 Å². The molecule has 1 aliphatic heterocycles. The van der Waals surface area contributed by atoms with E-state index >= 15 is 0 Å². The molecule has 0 radical (unpaired) electrons. The number of nitrogens with zero attached hydrogens (tertiary/aromatic N) is 1. The zero-order valence-corrected chi connectivity index (χ0v) is 11.8. The van der Waals surface area contributed by atoms with Gasteiger partial charge in [0.05, 0.1) is 0 Å². The van der Waals surface area contributed by atoms with Crippen LogP contribution >= 0.6 is 0 Å². The summed E-state index contributed by atoms with van der Waals surface area (Å²) in [7, 11) is 0. The maximum Gasteiger partial charge on any atom is 0.0236 e. The van der Waals surface area contributed by atoms with Gasteiger partial charge in [-0.1, -0.05) is 23.8 Å². The zero-order valence-electron chi connectivity index (χ0n) is 11.8. The van der Waals surface area contributed by atoms with E-state index in [0.717, 1.165) is 19.0 Å². The van der Waals surface area contributed by atoms with Crippen molar-refractivity contribution in [3.8, 4) is 0 Å². The van der Waals surface area contributed by atoms with E-state index in [-0.39, 0.29) is 0 Å². The summed E-state index contributed by atoms with van der Waals surface area (Å²) in [5, 5.41) is 0. The van der Waals surface area contributed by atoms with Crippen molar-refractivity contribution in [2.45, 2.75) is 39.7 Å². The fourth-order valence-electron chi connectivity index (χ4n) is 2.93. The highest BCUT2D eigenvalue weighted by Crippen LogP contribution is 2.22. The predicted molar refractivity (Wildman–Crippen MR) is 77.6 cm³/mol. The Morgan fingerprint density at radius 2 is 1.94 bits per heavy atom. The first-order valence-electron chi connectivity index (χ1n) is 7.17. The van der Waals surface area contributed by atoms with Crippen LogP contribution in [-0.2, 0) is 6.54 Å². The van der Waals surface area contributed by atoms with Gasteiger partial charge >= 0.3 is 0 Å². The number of nitrogens with two attached hydrogens (primary N) is 1. The average molecular weight is 246 g/mol. The first kappa shape index (κ1) is 13.6. The summed E-state index contributed by atoms with van der Waals surface area (Å²) in [4.78, 5) is 2.59. The average Bonchev–Trinajstić information content (AvgIpc) is 2.35. The van der Waals surface area contributed by atoms with Gasteiger partial charge in [-0.25, -0.2) is 0 Å². The van der Waals surface area contributed by atoms with Gasteiger partial charge < -0.3 is 5.73 Å².